The van der Waals surface area contributed by atoms with Gasteiger partial charge in [-0.25, -0.2) is 4.98 Å². The Balaban J connectivity index is 1.79. The molecule has 1 aliphatic heterocycles. The molecular formula is C11H18N2O2S. The van der Waals surface area contributed by atoms with Crippen LogP contribution in [-0.4, -0.2) is 47.8 Å². The van der Waals surface area contributed by atoms with Crippen LogP contribution in [0.4, 0.5) is 0 Å². The van der Waals surface area contributed by atoms with Crippen molar-refractivity contribution in [3.8, 4) is 0 Å². The molecule has 1 atom stereocenters. The quantitative estimate of drug-likeness (QED) is 0.858. The normalized spacial score (nSPS) is 19.9. The summed E-state index contributed by atoms with van der Waals surface area (Å²) in [4.78, 5) is 6.80. The second-order valence-electron chi connectivity index (χ2n) is 4.05. The van der Waals surface area contributed by atoms with Crippen LogP contribution in [0.5, 0.6) is 0 Å². The van der Waals surface area contributed by atoms with E-state index in [-0.39, 0.29) is 0 Å². The van der Waals surface area contributed by atoms with Crippen molar-refractivity contribution >= 4 is 11.3 Å². The van der Waals surface area contributed by atoms with Crippen LogP contribution in [-0.2, 0) is 11.2 Å². The van der Waals surface area contributed by atoms with E-state index in [1.165, 1.54) is 0 Å². The van der Waals surface area contributed by atoms with Gasteiger partial charge in [-0.2, -0.15) is 0 Å². The first-order valence-corrected chi connectivity index (χ1v) is 6.56. The number of aliphatic hydroxyl groups is 1. The van der Waals surface area contributed by atoms with E-state index in [2.05, 4.69) is 9.88 Å². The predicted molar refractivity (Wildman–Crippen MR) is 63.7 cm³/mol. The summed E-state index contributed by atoms with van der Waals surface area (Å²) in [5, 5.41) is 12.4. The maximum atomic E-state index is 9.37. The van der Waals surface area contributed by atoms with Gasteiger partial charge in [0.05, 0.1) is 30.0 Å². The lowest BCUT2D eigenvalue weighted by Crippen LogP contribution is -2.37. The van der Waals surface area contributed by atoms with Crippen molar-refractivity contribution in [3.63, 3.8) is 0 Å². The molecule has 0 aliphatic carbocycles. The van der Waals surface area contributed by atoms with Gasteiger partial charge in [-0.1, -0.05) is 0 Å². The Labute approximate surface area is 99.9 Å². The molecule has 1 aromatic rings. The third-order valence-electron chi connectivity index (χ3n) is 2.74. The van der Waals surface area contributed by atoms with Gasteiger partial charge in [0.15, 0.2) is 0 Å². The topological polar surface area (TPSA) is 45.6 Å². The Morgan fingerprint density at radius 3 is 2.94 bits per heavy atom. The maximum Gasteiger partial charge on any atom is 0.0942 e. The van der Waals surface area contributed by atoms with Crippen LogP contribution in [0.1, 0.15) is 23.7 Å². The number of ether oxygens (including phenoxy) is 1. The standard InChI is InChI=1S/C11H18N2O2S/c1-9(14)10-8-16-11(12-10)2-3-13-4-6-15-7-5-13/h8-9,14H,2-7H2,1H3. The molecule has 1 aromatic heterocycles. The third-order valence-corrected chi connectivity index (χ3v) is 3.67. The highest BCUT2D eigenvalue weighted by atomic mass is 32.1. The summed E-state index contributed by atoms with van der Waals surface area (Å²) in [7, 11) is 0. The molecule has 1 saturated heterocycles. The molecule has 0 saturated carbocycles. The summed E-state index contributed by atoms with van der Waals surface area (Å²) < 4.78 is 5.30. The molecule has 16 heavy (non-hydrogen) atoms. The predicted octanol–water partition coefficient (Wildman–Crippen LogP) is 1.07. The van der Waals surface area contributed by atoms with Crippen molar-refractivity contribution < 1.29 is 9.84 Å². The molecule has 0 amide bonds. The number of nitrogens with zero attached hydrogens (tertiary/aromatic N) is 2. The van der Waals surface area contributed by atoms with Crippen LogP contribution < -0.4 is 0 Å². The van der Waals surface area contributed by atoms with Gasteiger partial charge < -0.3 is 9.84 Å². The molecule has 90 valence electrons. The smallest absolute Gasteiger partial charge is 0.0942 e. The molecule has 5 heteroatoms. The Morgan fingerprint density at radius 2 is 2.31 bits per heavy atom. The molecule has 0 spiro atoms. The first-order chi connectivity index (χ1) is 7.75. The van der Waals surface area contributed by atoms with E-state index in [0.29, 0.717) is 0 Å². The second kappa shape index (κ2) is 5.72. The molecular weight excluding hydrogens is 224 g/mol. The average molecular weight is 242 g/mol. The zero-order valence-corrected chi connectivity index (χ0v) is 10.4. The lowest BCUT2D eigenvalue weighted by molar-refractivity contribution is 0.0384. The second-order valence-corrected chi connectivity index (χ2v) is 4.99. The summed E-state index contributed by atoms with van der Waals surface area (Å²) in [6.07, 6.45) is 0.519. The average Bonchev–Trinajstić information content (AvgIpc) is 2.76. The van der Waals surface area contributed by atoms with Crippen molar-refractivity contribution in [2.75, 3.05) is 32.8 Å². The lowest BCUT2D eigenvalue weighted by Gasteiger charge is -2.25. The van der Waals surface area contributed by atoms with E-state index in [4.69, 9.17) is 4.74 Å². The fourth-order valence-electron chi connectivity index (χ4n) is 1.71. The van der Waals surface area contributed by atoms with Gasteiger partial charge in [0.2, 0.25) is 0 Å². The van der Waals surface area contributed by atoms with Gasteiger partial charge in [-0.05, 0) is 6.92 Å². The van der Waals surface area contributed by atoms with Gasteiger partial charge in [-0.15, -0.1) is 11.3 Å². The fraction of sp³-hybridized carbons (Fsp3) is 0.727. The zero-order chi connectivity index (χ0) is 11.4. The van der Waals surface area contributed by atoms with Gasteiger partial charge in [0.25, 0.3) is 0 Å². The van der Waals surface area contributed by atoms with Crippen LogP contribution >= 0.6 is 11.3 Å². The summed E-state index contributed by atoms with van der Waals surface area (Å²) in [6, 6.07) is 0. The Hall–Kier alpha value is -0.490. The Kier molecular flexibility index (Phi) is 4.29. The first kappa shape index (κ1) is 12.0. The van der Waals surface area contributed by atoms with E-state index in [0.717, 1.165) is 50.0 Å². The minimum absolute atomic E-state index is 0.451. The van der Waals surface area contributed by atoms with Crippen molar-refractivity contribution in [1.82, 2.24) is 9.88 Å². The summed E-state index contributed by atoms with van der Waals surface area (Å²) in [5.41, 5.74) is 0.793. The number of thiazole rings is 1. The van der Waals surface area contributed by atoms with Gasteiger partial charge in [-0.3, -0.25) is 4.90 Å². The molecule has 2 rings (SSSR count). The highest BCUT2D eigenvalue weighted by Crippen LogP contribution is 2.16. The Bertz CT molecular complexity index is 322. The van der Waals surface area contributed by atoms with Gasteiger partial charge >= 0.3 is 0 Å². The number of rotatable bonds is 4. The van der Waals surface area contributed by atoms with E-state index < -0.39 is 6.10 Å². The fourth-order valence-corrected chi connectivity index (χ4v) is 2.58. The number of aromatic nitrogens is 1. The van der Waals surface area contributed by atoms with Gasteiger partial charge in [0.1, 0.15) is 0 Å². The lowest BCUT2D eigenvalue weighted by atomic mass is 10.3. The molecule has 1 unspecified atom stereocenters. The molecule has 0 aromatic carbocycles. The van der Waals surface area contributed by atoms with Crippen molar-refractivity contribution in [3.05, 3.63) is 16.1 Å². The third kappa shape index (κ3) is 3.25. The molecule has 1 N–H and O–H groups in total. The highest BCUT2D eigenvalue weighted by Gasteiger charge is 2.12. The van der Waals surface area contributed by atoms with Crippen LogP contribution in [0.15, 0.2) is 5.38 Å². The van der Waals surface area contributed by atoms with Crippen molar-refractivity contribution in [1.29, 1.82) is 0 Å². The minimum Gasteiger partial charge on any atom is -0.387 e. The summed E-state index contributed by atoms with van der Waals surface area (Å²) >= 11 is 1.64. The van der Waals surface area contributed by atoms with E-state index in [1.807, 2.05) is 5.38 Å². The molecule has 1 fully saturated rings. The highest BCUT2D eigenvalue weighted by molar-refractivity contribution is 7.09. The van der Waals surface area contributed by atoms with Crippen molar-refractivity contribution in [2.24, 2.45) is 0 Å². The molecule has 2 heterocycles. The molecule has 0 bridgehead atoms. The van der Waals surface area contributed by atoms with Crippen LogP contribution in [0.25, 0.3) is 0 Å². The molecule has 0 radical (unpaired) electrons. The molecule has 4 nitrogen and oxygen atoms in total. The number of hydrogen-bond acceptors (Lipinski definition) is 5. The van der Waals surface area contributed by atoms with Crippen LogP contribution in [0.2, 0.25) is 0 Å². The van der Waals surface area contributed by atoms with Crippen LogP contribution in [0.3, 0.4) is 0 Å². The zero-order valence-electron chi connectivity index (χ0n) is 9.56. The summed E-state index contributed by atoms with van der Waals surface area (Å²) in [5.74, 6) is 0. The monoisotopic (exact) mass is 242 g/mol. The maximum absolute atomic E-state index is 9.37. The van der Waals surface area contributed by atoms with E-state index >= 15 is 0 Å². The molecule has 1 aliphatic rings. The van der Waals surface area contributed by atoms with Crippen LogP contribution in [0, 0.1) is 0 Å². The number of aliphatic hydroxyl groups excluding tert-OH is 1. The summed E-state index contributed by atoms with van der Waals surface area (Å²) in [6.45, 7) is 6.52. The Morgan fingerprint density at radius 1 is 1.56 bits per heavy atom. The van der Waals surface area contributed by atoms with Crippen molar-refractivity contribution in [2.45, 2.75) is 19.4 Å². The number of hydrogen-bond donors (Lipinski definition) is 1. The van der Waals surface area contributed by atoms with E-state index in [9.17, 15) is 5.11 Å². The first-order valence-electron chi connectivity index (χ1n) is 5.68. The van der Waals surface area contributed by atoms with E-state index in [1.54, 1.807) is 18.3 Å². The largest absolute Gasteiger partial charge is 0.387 e. The minimum atomic E-state index is -0.451. The number of morpholine rings is 1. The SMILES string of the molecule is CC(O)c1csc(CCN2CCOCC2)n1. The van der Waals surface area contributed by atoms with Gasteiger partial charge in [0, 0.05) is 31.4 Å².